The predicted octanol–water partition coefficient (Wildman–Crippen LogP) is 7.75. The van der Waals surface area contributed by atoms with Gasteiger partial charge in [-0.1, -0.05) is 109 Å². The summed E-state index contributed by atoms with van der Waals surface area (Å²) in [4.78, 5) is 10.3. The summed E-state index contributed by atoms with van der Waals surface area (Å²) < 4.78 is 6.36. The summed E-state index contributed by atoms with van der Waals surface area (Å²) >= 11 is 0. The van der Waals surface area contributed by atoms with E-state index in [-0.39, 0.29) is 0 Å². The van der Waals surface area contributed by atoms with E-state index >= 15 is 0 Å². The van der Waals surface area contributed by atoms with Crippen LogP contribution in [-0.4, -0.2) is 11.7 Å². The molecule has 0 saturated heterocycles. The van der Waals surface area contributed by atoms with Crippen molar-refractivity contribution >= 4 is 33.6 Å². The Morgan fingerprint density at radius 1 is 0.514 bits per heavy atom. The van der Waals surface area contributed by atoms with Gasteiger partial charge in [0.1, 0.15) is 22.8 Å². The highest BCUT2D eigenvalue weighted by atomic mass is 16.3. The van der Waals surface area contributed by atoms with E-state index in [4.69, 9.17) is 14.4 Å². The molecule has 0 atom stereocenters. The number of benzene rings is 5. The third-order valence-electron chi connectivity index (χ3n) is 6.73. The third kappa shape index (κ3) is 3.89. The van der Waals surface area contributed by atoms with Crippen LogP contribution in [0.15, 0.2) is 142 Å². The molecule has 176 valence electrons. The van der Waals surface area contributed by atoms with Gasteiger partial charge in [-0.05, 0) is 29.3 Å². The molecule has 37 heavy (non-hydrogen) atoms. The van der Waals surface area contributed by atoms with Gasteiger partial charge >= 0.3 is 0 Å². The topological polar surface area (TPSA) is 49.9 Å². The number of para-hydroxylation sites is 1. The number of amidine groups is 2. The van der Waals surface area contributed by atoms with Crippen LogP contribution in [0, 0.1) is 0 Å². The molecule has 4 nitrogen and oxygen atoms in total. The largest absolute Gasteiger partial charge is 0.456 e. The molecule has 0 amide bonds. The zero-order valence-corrected chi connectivity index (χ0v) is 20.0. The molecule has 7 rings (SSSR count). The maximum atomic E-state index is 6.36. The molecule has 0 radical (unpaired) electrons. The van der Waals surface area contributed by atoms with Crippen molar-refractivity contribution in [3.63, 3.8) is 0 Å². The summed E-state index contributed by atoms with van der Waals surface area (Å²) in [6.07, 6.45) is -0.446. The van der Waals surface area contributed by atoms with Gasteiger partial charge in [-0.25, -0.2) is 9.98 Å². The third-order valence-corrected chi connectivity index (χ3v) is 6.73. The van der Waals surface area contributed by atoms with Crippen LogP contribution < -0.4 is 5.32 Å². The first-order valence-corrected chi connectivity index (χ1v) is 12.4. The molecule has 0 unspecified atom stereocenters. The summed E-state index contributed by atoms with van der Waals surface area (Å²) in [5, 5.41) is 5.61. The second-order valence-electron chi connectivity index (χ2n) is 9.09. The molecule has 5 aromatic carbocycles. The van der Waals surface area contributed by atoms with Crippen molar-refractivity contribution in [3.8, 4) is 11.1 Å². The molecule has 0 fully saturated rings. The number of nitrogens with one attached hydrogen (secondary N) is 1. The minimum Gasteiger partial charge on any atom is -0.456 e. The molecular formula is C33H23N3O. The average molecular weight is 478 g/mol. The molecule has 0 saturated carbocycles. The van der Waals surface area contributed by atoms with Crippen molar-refractivity contribution in [2.45, 2.75) is 6.17 Å². The number of aliphatic imine (C=N–C) groups is 2. The van der Waals surface area contributed by atoms with Crippen LogP contribution in [0.1, 0.15) is 22.9 Å². The lowest BCUT2D eigenvalue weighted by atomic mass is 9.97. The van der Waals surface area contributed by atoms with Crippen LogP contribution in [-0.2, 0) is 0 Å². The van der Waals surface area contributed by atoms with Crippen LogP contribution in [0.25, 0.3) is 33.1 Å². The second kappa shape index (κ2) is 8.92. The van der Waals surface area contributed by atoms with E-state index in [0.717, 1.165) is 61.4 Å². The van der Waals surface area contributed by atoms with Gasteiger partial charge in [0.05, 0.1) is 0 Å². The van der Waals surface area contributed by atoms with Gasteiger partial charge < -0.3 is 9.73 Å². The highest BCUT2D eigenvalue weighted by Gasteiger charge is 2.25. The molecule has 4 heteroatoms. The Morgan fingerprint density at radius 2 is 1.05 bits per heavy atom. The minimum absolute atomic E-state index is 0.446. The minimum atomic E-state index is -0.446. The first-order chi connectivity index (χ1) is 18.3. The molecule has 1 aromatic heterocycles. The van der Waals surface area contributed by atoms with Crippen molar-refractivity contribution in [2.24, 2.45) is 9.98 Å². The number of furan rings is 1. The molecule has 1 N–H and O–H groups in total. The molecule has 2 heterocycles. The molecule has 1 aliphatic rings. The Balaban J connectivity index is 1.50. The summed E-state index contributed by atoms with van der Waals surface area (Å²) in [7, 11) is 0. The van der Waals surface area contributed by atoms with Crippen molar-refractivity contribution in [1.29, 1.82) is 0 Å². The van der Waals surface area contributed by atoms with Crippen LogP contribution >= 0.6 is 0 Å². The monoisotopic (exact) mass is 477 g/mol. The highest BCUT2D eigenvalue weighted by molar-refractivity contribution is 6.16. The van der Waals surface area contributed by atoms with E-state index in [2.05, 4.69) is 72.0 Å². The van der Waals surface area contributed by atoms with E-state index < -0.39 is 6.17 Å². The normalized spacial score (nSPS) is 13.8. The molecule has 6 aromatic rings. The Hall–Kier alpha value is -4.96. The lowest BCUT2D eigenvalue weighted by Crippen LogP contribution is -2.36. The van der Waals surface area contributed by atoms with Gasteiger partial charge in [0.25, 0.3) is 0 Å². The molecule has 0 spiro atoms. The van der Waals surface area contributed by atoms with Crippen LogP contribution in [0.2, 0.25) is 0 Å². The molecule has 1 aliphatic heterocycles. The maximum absolute atomic E-state index is 6.36. The van der Waals surface area contributed by atoms with E-state index in [9.17, 15) is 0 Å². The van der Waals surface area contributed by atoms with E-state index in [1.807, 2.05) is 60.7 Å². The fourth-order valence-electron chi connectivity index (χ4n) is 4.96. The quantitative estimate of drug-likeness (QED) is 0.282. The van der Waals surface area contributed by atoms with Crippen LogP contribution in [0.3, 0.4) is 0 Å². The second-order valence-corrected chi connectivity index (χ2v) is 9.09. The zero-order chi connectivity index (χ0) is 24.6. The fourth-order valence-corrected chi connectivity index (χ4v) is 4.96. The number of fused-ring (bicyclic) bond motifs is 3. The van der Waals surface area contributed by atoms with E-state index in [0.29, 0.717) is 0 Å². The Labute approximate surface area is 214 Å². The SMILES string of the molecule is c1ccc(C2=NC(c3cc(-c4ccccc4)cc4oc5ccccc5c34)N=C(c3ccccc3)N2)cc1. The summed E-state index contributed by atoms with van der Waals surface area (Å²) in [5.41, 5.74) is 6.95. The first kappa shape index (κ1) is 21.3. The Morgan fingerprint density at radius 3 is 1.68 bits per heavy atom. The van der Waals surface area contributed by atoms with Gasteiger partial charge in [0, 0.05) is 27.5 Å². The first-order valence-electron chi connectivity index (χ1n) is 12.4. The van der Waals surface area contributed by atoms with E-state index in [1.165, 1.54) is 0 Å². The van der Waals surface area contributed by atoms with E-state index in [1.54, 1.807) is 0 Å². The lowest BCUT2D eigenvalue weighted by molar-refractivity contribution is 0.668. The number of nitrogens with zero attached hydrogens (tertiary/aromatic N) is 2. The lowest BCUT2D eigenvalue weighted by Gasteiger charge is -2.23. The summed E-state index contributed by atoms with van der Waals surface area (Å²) in [6, 6.07) is 43.3. The maximum Gasteiger partial charge on any atom is 0.170 e. The van der Waals surface area contributed by atoms with Gasteiger partial charge in [0.15, 0.2) is 6.17 Å². The standard InChI is InChI=1S/C33H23N3O/c1-4-12-22(13-5-1)25-20-27(30-26-18-10-11-19-28(26)37-29(30)21-25)33-35-31(23-14-6-2-7-15-23)34-32(36-33)24-16-8-3-9-17-24/h1-21,33H,(H,34,35,36). The molecule has 0 bridgehead atoms. The number of rotatable bonds is 4. The smallest absolute Gasteiger partial charge is 0.170 e. The van der Waals surface area contributed by atoms with Crippen LogP contribution in [0.4, 0.5) is 0 Å². The summed E-state index contributed by atoms with van der Waals surface area (Å²) in [5.74, 6) is 1.59. The van der Waals surface area contributed by atoms with Gasteiger partial charge in [0.2, 0.25) is 0 Å². The van der Waals surface area contributed by atoms with Crippen molar-refractivity contribution in [2.75, 3.05) is 0 Å². The van der Waals surface area contributed by atoms with Gasteiger partial charge in [-0.3, -0.25) is 0 Å². The average Bonchev–Trinajstić information content (AvgIpc) is 3.36. The zero-order valence-electron chi connectivity index (χ0n) is 20.0. The Bertz CT molecular complexity index is 1730. The highest BCUT2D eigenvalue weighted by Crippen LogP contribution is 2.40. The predicted molar refractivity (Wildman–Crippen MR) is 151 cm³/mol. The number of hydrogen-bond acceptors (Lipinski definition) is 4. The number of hydrogen-bond donors (Lipinski definition) is 1. The van der Waals surface area contributed by atoms with Gasteiger partial charge in [-0.15, -0.1) is 0 Å². The molecule has 0 aliphatic carbocycles. The van der Waals surface area contributed by atoms with Crippen LogP contribution in [0.5, 0.6) is 0 Å². The Kier molecular flexibility index (Phi) is 5.14. The van der Waals surface area contributed by atoms with Crippen molar-refractivity contribution in [1.82, 2.24) is 5.32 Å². The van der Waals surface area contributed by atoms with Gasteiger partial charge in [-0.2, -0.15) is 0 Å². The van der Waals surface area contributed by atoms with Crippen molar-refractivity contribution in [3.05, 3.63) is 144 Å². The van der Waals surface area contributed by atoms with Crippen molar-refractivity contribution < 1.29 is 4.42 Å². The summed E-state index contributed by atoms with van der Waals surface area (Å²) in [6.45, 7) is 0. The fraction of sp³-hybridized carbons (Fsp3) is 0.0303. The molecular weight excluding hydrogens is 454 g/mol.